The summed E-state index contributed by atoms with van der Waals surface area (Å²) >= 11 is 0.781. The number of anilines is 1. The van der Waals surface area contributed by atoms with Crippen LogP contribution in [0.4, 0.5) is 23.7 Å². The van der Waals surface area contributed by atoms with Crippen LogP contribution >= 0.6 is 11.8 Å². The molecule has 0 spiro atoms. The summed E-state index contributed by atoms with van der Waals surface area (Å²) in [5, 5.41) is -0.532. The Kier molecular flexibility index (Phi) is 3.44. The maximum absolute atomic E-state index is 12.8. The number of benzene rings is 1. The van der Waals surface area contributed by atoms with Crippen LogP contribution in [0.2, 0.25) is 0 Å². The Balaban J connectivity index is 2.35. The highest BCUT2D eigenvalue weighted by molar-refractivity contribution is 8.14. The maximum Gasteiger partial charge on any atom is 0.416 e. The number of hydrogen-bond donors (Lipinski definition) is 1. The SMILES string of the molecule is Nc1ccc(CN2C(=O)CSC2=O)c(C(F)(F)F)c1. The molecule has 1 aliphatic rings. The van der Waals surface area contributed by atoms with Crippen molar-refractivity contribution < 1.29 is 22.8 Å². The molecule has 0 atom stereocenters. The lowest BCUT2D eigenvalue weighted by atomic mass is 10.1. The molecule has 1 aromatic carbocycles. The number of carbonyl (C=O) groups is 2. The Morgan fingerprint density at radius 2 is 2.00 bits per heavy atom. The zero-order chi connectivity index (χ0) is 14.2. The van der Waals surface area contributed by atoms with Gasteiger partial charge in [-0.15, -0.1) is 0 Å². The molecule has 0 aliphatic carbocycles. The van der Waals surface area contributed by atoms with Gasteiger partial charge in [0.05, 0.1) is 17.9 Å². The molecular formula is C11H9F3N2O2S. The molecule has 2 N–H and O–H groups in total. The van der Waals surface area contributed by atoms with E-state index < -0.39 is 22.9 Å². The van der Waals surface area contributed by atoms with Crippen molar-refractivity contribution in [3.8, 4) is 0 Å². The van der Waals surface area contributed by atoms with Crippen molar-refractivity contribution in [2.24, 2.45) is 0 Å². The molecule has 1 saturated heterocycles. The van der Waals surface area contributed by atoms with Crippen LogP contribution in [0.3, 0.4) is 0 Å². The van der Waals surface area contributed by atoms with Gasteiger partial charge in [0, 0.05) is 5.69 Å². The van der Waals surface area contributed by atoms with Crippen LogP contribution in [0.15, 0.2) is 18.2 Å². The summed E-state index contributed by atoms with van der Waals surface area (Å²) in [6.07, 6.45) is -4.58. The van der Waals surface area contributed by atoms with Crippen molar-refractivity contribution in [2.75, 3.05) is 11.5 Å². The van der Waals surface area contributed by atoms with E-state index in [1.54, 1.807) is 0 Å². The number of nitrogens with zero attached hydrogens (tertiary/aromatic N) is 1. The first-order valence-electron chi connectivity index (χ1n) is 5.22. The second kappa shape index (κ2) is 4.76. The smallest absolute Gasteiger partial charge is 0.399 e. The highest BCUT2D eigenvalue weighted by Crippen LogP contribution is 2.34. The Hall–Kier alpha value is -1.70. The van der Waals surface area contributed by atoms with Crippen molar-refractivity contribution in [1.82, 2.24) is 4.90 Å². The lowest BCUT2D eigenvalue weighted by molar-refractivity contribution is -0.139. The fourth-order valence-corrected chi connectivity index (χ4v) is 2.43. The van der Waals surface area contributed by atoms with E-state index >= 15 is 0 Å². The third-order valence-corrected chi connectivity index (χ3v) is 3.47. The Labute approximate surface area is 110 Å². The van der Waals surface area contributed by atoms with E-state index in [2.05, 4.69) is 0 Å². The predicted octanol–water partition coefficient (Wildman–Crippen LogP) is 2.48. The number of carbonyl (C=O) groups excluding carboxylic acids is 2. The molecule has 0 saturated carbocycles. The predicted molar refractivity (Wildman–Crippen MR) is 64.3 cm³/mol. The lowest BCUT2D eigenvalue weighted by Crippen LogP contribution is -2.29. The Morgan fingerprint density at radius 1 is 1.32 bits per heavy atom. The molecule has 1 heterocycles. The van der Waals surface area contributed by atoms with Crippen molar-refractivity contribution in [1.29, 1.82) is 0 Å². The number of alkyl halides is 3. The Bertz CT molecular complexity index is 529. The lowest BCUT2D eigenvalue weighted by Gasteiger charge is -2.18. The minimum Gasteiger partial charge on any atom is -0.399 e. The summed E-state index contributed by atoms with van der Waals surface area (Å²) in [6, 6.07) is 3.29. The standard InChI is InChI=1S/C11H9F3N2O2S/c12-11(13,14)8-3-7(15)2-1-6(8)4-16-9(17)5-19-10(16)18/h1-3H,4-5,15H2. The molecule has 2 amide bonds. The number of amides is 2. The van der Waals surface area contributed by atoms with Gasteiger partial charge in [0.25, 0.3) is 5.24 Å². The van der Waals surface area contributed by atoms with E-state index in [1.165, 1.54) is 12.1 Å². The minimum absolute atomic E-state index is 0.0236. The number of thioether (sulfide) groups is 1. The summed E-state index contributed by atoms with van der Waals surface area (Å²) in [7, 11) is 0. The molecule has 1 aromatic rings. The van der Waals surface area contributed by atoms with Gasteiger partial charge in [-0.2, -0.15) is 13.2 Å². The molecule has 0 unspecified atom stereocenters. The third-order valence-electron chi connectivity index (χ3n) is 2.61. The van der Waals surface area contributed by atoms with Gasteiger partial charge in [0.1, 0.15) is 0 Å². The number of nitrogens with two attached hydrogens (primary N) is 1. The molecule has 4 nitrogen and oxygen atoms in total. The average Bonchev–Trinajstić information content (AvgIpc) is 2.61. The van der Waals surface area contributed by atoms with Crippen molar-refractivity contribution >= 4 is 28.6 Å². The molecule has 102 valence electrons. The molecule has 1 fully saturated rings. The van der Waals surface area contributed by atoms with Gasteiger partial charge in [-0.25, -0.2) is 0 Å². The molecule has 0 bridgehead atoms. The summed E-state index contributed by atoms with van der Waals surface area (Å²) in [4.78, 5) is 23.6. The number of halogens is 3. The van der Waals surface area contributed by atoms with Gasteiger partial charge in [-0.3, -0.25) is 14.5 Å². The van der Waals surface area contributed by atoms with Crippen LogP contribution in [0.5, 0.6) is 0 Å². The van der Waals surface area contributed by atoms with Crippen LogP contribution in [-0.2, 0) is 17.5 Å². The molecule has 1 aliphatic heterocycles. The van der Waals surface area contributed by atoms with Crippen LogP contribution in [0, 0.1) is 0 Å². The molecule has 0 aromatic heterocycles. The van der Waals surface area contributed by atoms with Crippen molar-refractivity contribution in [3.05, 3.63) is 29.3 Å². The fraction of sp³-hybridized carbons (Fsp3) is 0.273. The minimum atomic E-state index is -4.58. The van der Waals surface area contributed by atoms with E-state index in [-0.39, 0.29) is 23.5 Å². The monoisotopic (exact) mass is 290 g/mol. The molecule has 0 radical (unpaired) electrons. The van der Waals surface area contributed by atoms with Crippen LogP contribution < -0.4 is 5.73 Å². The second-order valence-corrected chi connectivity index (χ2v) is 4.88. The fourth-order valence-electron chi connectivity index (χ4n) is 1.70. The van der Waals surface area contributed by atoms with Crippen LogP contribution in [0.1, 0.15) is 11.1 Å². The maximum atomic E-state index is 12.8. The van der Waals surface area contributed by atoms with Crippen molar-refractivity contribution in [2.45, 2.75) is 12.7 Å². The number of nitrogen functional groups attached to an aromatic ring is 1. The summed E-state index contributed by atoms with van der Waals surface area (Å²) in [6.45, 7) is -0.389. The quantitative estimate of drug-likeness (QED) is 0.850. The topological polar surface area (TPSA) is 63.4 Å². The van der Waals surface area contributed by atoms with E-state index in [4.69, 9.17) is 5.73 Å². The van der Waals surface area contributed by atoms with E-state index in [0.717, 1.165) is 22.7 Å². The average molecular weight is 290 g/mol. The van der Waals surface area contributed by atoms with Crippen LogP contribution in [0.25, 0.3) is 0 Å². The van der Waals surface area contributed by atoms with Gasteiger partial charge in [0.2, 0.25) is 5.91 Å². The molecule has 8 heteroatoms. The first-order valence-corrected chi connectivity index (χ1v) is 6.20. The molecule has 19 heavy (non-hydrogen) atoms. The first kappa shape index (κ1) is 13.7. The normalized spacial score (nSPS) is 16.3. The zero-order valence-corrected chi connectivity index (χ0v) is 10.3. The van der Waals surface area contributed by atoms with Crippen LogP contribution in [-0.4, -0.2) is 21.8 Å². The third kappa shape index (κ3) is 2.83. The summed E-state index contributed by atoms with van der Waals surface area (Å²) < 4.78 is 38.5. The van der Waals surface area contributed by atoms with Gasteiger partial charge < -0.3 is 5.73 Å². The highest BCUT2D eigenvalue weighted by atomic mass is 32.2. The largest absolute Gasteiger partial charge is 0.416 e. The first-order chi connectivity index (χ1) is 8.79. The molecular weight excluding hydrogens is 281 g/mol. The number of imide groups is 1. The van der Waals surface area contributed by atoms with Crippen molar-refractivity contribution in [3.63, 3.8) is 0 Å². The van der Waals surface area contributed by atoms with Gasteiger partial charge >= 0.3 is 6.18 Å². The van der Waals surface area contributed by atoms with E-state index in [9.17, 15) is 22.8 Å². The number of hydrogen-bond acceptors (Lipinski definition) is 4. The number of rotatable bonds is 2. The summed E-state index contributed by atoms with van der Waals surface area (Å²) in [5.41, 5.74) is 4.24. The van der Waals surface area contributed by atoms with E-state index in [1.807, 2.05) is 0 Å². The molecule has 2 rings (SSSR count). The second-order valence-electron chi connectivity index (χ2n) is 3.95. The summed E-state index contributed by atoms with van der Waals surface area (Å²) in [5.74, 6) is -0.519. The van der Waals surface area contributed by atoms with E-state index in [0.29, 0.717) is 0 Å². The van der Waals surface area contributed by atoms with Gasteiger partial charge in [0.15, 0.2) is 0 Å². The van der Waals surface area contributed by atoms with Gasteiger partial charge in [-0.05, 0) is 17.7 Å². The van der Waals surface area contributed by atoms with Gasteiger partial charge in [-0.1, -0.05) is 17.8 Å². The highest BCUT2D eigenvalue weighted by Gasteiger charge is 2.36. The Morgan fingerprint density at radius 3 is 2.53 bits per heavy atom. The zero-order valence-electron chi connectivity index (χ0n) is 9.53.